The van der Waals surface area contributed by atoms with Crippen LogP contribution in [0.15, 0.2) is 48.5 Å². The van der Waals surface area contributed by atoms with Gasteiger partial charge in [0.15, 0.2) is 0 Å². The average molecular weight is 444 g/mol. The summed E-state index contributed by atoms with van der Waals surface area (Å²) in [4.78, 5) is 26.9. The van der Waals surface area contributed by atoms with Crippen LogP contribution in [-0.2, 0) is 0 Å². The maximum atomic E-state index is 12.9. The van der Waals surface area contributed by atoms with Gasteiger partial charge in [0.05, 0.1) is 16.7 Å². The fraction of sp³-hybridized carbons (Fsp3) is 0.417. The molecule has 0 spiro atoms. The van der Waals surface area contributed by atoms with Crippen LogP contribution < -0.4 is 10.6 Å². The Bertz CT molecular complexity index is 904. The molecular weight excluding hydrogens is 414 g/mol. The maximum Gasteiger partial charge on any atom is 0.322 e. The molecule has 0 radical (unpaired) electrons. The minimum atomic E-state index is -0.613. The molecule has 0 aromatic heterocycles. The Balaban J connectivity index is 1.61. The van der Waals surface area contributed by atoms with Crippen molar-refractivity contribution in [1.82, 2.24) is 10.2 Å². The molecule has 1 heterocycles. The van der Waals surface area contributed by atoms with Crippen LogP contribution in [0.2, 0.25) is 5.02 Å². The highest BCUT2D eigenvalue weighted by molar-refractivity contribution is 6.34. The predicted octanol–water partition coefficient (Wildman–Crippen LogP) is 4.85. The molecule has 31 heavy (non-hydrogen) atoms. The van der Waals surface area contributed by atoms with Crippen molar-refractivity contribution in [2.45, 2.75) is 45.3 Å². The third-order valence-corrected chi connectivity index (χ3v) is 5.77. The second-order valence-electron chi connectivity index (χ2n) is 8.38. The molecular formula is C24H30ClN3O3. The number of carbonyl (C=O) groups is 2. The Hall–Kier alpha value is -2.57. The normalized spacial score (nSPS) is 16.9. The SMILES string of the molecule is CC(C)CNC(=O)c1ccc(NC(=O)N2CCC[C@H]2C[C@H](O)c2ccccc2)cc1Cl. The van der Waals surface area contributed by atoms with E-state index in [2.05, 4.69) is 10.6 Å². The molecule has 0 bridgehead atoms. The highest BCUT2D eigenvalue weighted by Crippen LogP contribution is 2.28. The standard InChI is InChI=1S/C24H30ClN3O3/c1-16(2)15-26-23(30)20-11-10-18(13-21(20)25)27-24(31)28-12-6-9-19(28)14-22(29)17-7-4-3-5-8-17/h3-5,7-8,10-11,13,16,19,22,29H,6,9,12,14-15H2,1-2H3,(H,26,30)(H,27,31)/t19-,22-/m0/s1. The van der Waals surface area contributed by atoms with E-state index in [-0.39, 0.29) is 23.0 Å². The molecule has 1 fully saturated rings. The third kappa shape index (κ3) is 6.21. The van der Waals surface area contributed by atoms with Crippen molar-refractivity contribution in [2.75, 3.05) is 18.4 Å². The van der Waals surface area contributed by atoms with Gasteiger partial charge in [0, 0.05) is 24.8 Å². The van der Waals surface area contributed by atoms with Crippen molar-refractivity contribution in [2.24, 2.45) is 5.92 Å². The number of halogens is 1. The van der Waals surface area contributed by atoms with Gasteiger partial charge in [0.1, 0.15) is 0 Å². The fourth-order valence-electron chi connectivity index (χ4n) is 3.78. The highest BCUT2D eigenvalue weighted by atomic mass is 35.5. The van der Waals surface area contributed by atoms with Gasteiger partial charge in [-0.15, -0.1) is 0 Å². The van der Waals surface area contributed by atoms with E-state index in [0.29, 0.717) is 36.7 Å². The molecule has 6 nitrogen and oxygen atoms in total. The van der Waals surface area contributed by atoms with Crippen LogP contribution in [0.3, 0.4) is 0 Å². The number of carbonyl (C=O) groups excluding carboxylic acids is 2. The molecule has 1 aliphatic rings. The number of anilines is 1. The number of rotatable bonds is 7. The summed E-state index contributed by atoms with van der Waals surface area (Å²) in [5, 5.41) is 16.6. The number of benzene rings is 2. The Morgan fingerprint density at radius 3 is 2.61 bits per heavy atom. The quantitative estimate of drug-likeness (QED) is 0.572. The van der Waals surface area contributed by atoms with Crippen LogP contribution >= 0.6 is 11.6 Å². The lowest BCUT2D eigenvalue weighted by atomic mass is 10.0. The number of urea groups is 1. The molecule has 2 aromatic carbocycles. The zero-order valence-corrected chi connectivity index (χ0v) is 18.7. The molecule has 1 saturated heterocycles. The minimum Gasteiger partial charge on any atom is -0.388 e. The van der Waals surface area contributed by atoms with Crippen LogP contribution in [0, 0.1) is 5.92 Å². The van der Waals surface area contributed by atoms with Gasteiger partial charge < -0.3 is 20.6 Å². The van der Waals surface area contributed by atoms with Crippen molar-refractivity contribution in [3.8, 4) is 0 Å². The molecule has 1 aliphatic heterocycles. The lowest BCUT2D eigenvalue weighted by Gasteiger charge is -2.27. The first-order chi connectivity index (χ1) is 14.8. The topological polar surface area (TPSA) is 81.7 Å². The van der Waals surface area contributed by atoms with Crippen molar-refractivity contribution in [3.05, 3.63) is 64.7 Å². The first-order valence-corrected chi connectivity index (χ1v) is 11.1. The number of likely N-dealkylation sites (tertiary alicyclic amines) is 1. The molecule has 0 unspecified atom stereocenters. The average Bonchev–Trinajstić information content (AvgIpc) is 3.21. The minimum absolute atomic E-state index is 0.0354. The summed E-state index contributed by atoms with van der Waals surface area (Å²) >= 11 is 6.29. The number of amides is 3. The van der Waals surface area contributed by atoms with Crippen LogP contribution in [-0.4, -0.2) is 41.1 Å². The number of nitrogens with one attached hydrogen (secondary N) is 2. The molecule has 0 saturated carbocycles. The molecule has 7 heteroatoms. The summed E-state index contributed by atoms with van der Waals surface area (Å²) in [5.74, 6) is 0.112. The van der Waals surface area contributed by atoms with Crippen molar-refractivity contribution >= 4 is 29.2 Å². The largest absolute Gasteiger partial charge is 0.388 e. The van der Waals surface area contributed by atoms with E-state index in [1.807, 2.05) is 44.2 Å². The van der Waals surface area contributed by atoms with Crippen LogP contribution in [0.1, 0.15) is 55.1 Å². The van der Waals surface area contributed by atoms with Gasteiger partial charge in [-0.05, 0) is 48.9 Å². The zero-order valence-electron chi connectivity index (χ0n) is 18.0. The van der Waals surface area contributed by atoms with Crippen molar-refractivity contribution < 1.29 is 14.7 Å². The van der Waals surface area contributed by atoms with Crippen molar-refractivity contribution in [1.29, 1.82) is 0 Å². The van der Waals surface area contributed by atoms with Gasteiger partial charge >= 0.3 is 6.03 Å². The maximum absolute atomic E-state index is 12.9. The number of aliphatic hydroxyl groups is 1. The van der Waals surface area contributed by atoms with E-state index in [1.165, 1.54) is 0 Å². The van der Waals surface area contributed by atoms with Crippen LogP contribution in [0.25, 0.3) is 0 Å². The van der Waals surface area contributed by atoms with Gasteiger partial charge in [-0.2, -0.15) is 0 Å². The fourth-order valence-corrected chi connectivity index (χ4v) is 4.05. The monoisotopic (exact) mass is 443 g/mol. The van der Waals surface area contributed by atoms with Gasteiger partial charge in [-0.25, -0.2) is 4.79 Å². The Morgan fingerprint density at radius 1 is 1.19 bits per heavy atom. The van der Waals surface area contributed by atoms with E-state index < -0.39 is 6.10 Å². The molecule has 166 valence electrons. The summed E-state index contributed by atoms with van der Waals surface area (Å²) in [7, 11) is 0. The van der Waals surface area contributed by atoms with Gasteiger partial charge in [0.25, 0.3) is 5.91 Å². The summed E-state index contributed by atoms with van der Waals surface area (Å²) in [6.07, 6.45) is 1.63. The first kappa shape index (κ1) is 23.1. The molecule has 0 aliphatic carbocycles. The first-order valence-electron chi connectivity index (χ1n) is 10.7. The molecule has 2 atom stereocenters. The Morgan fingerprint density at radius 2 is 1.94 bits per heavy atom. The number of hydrogen-bond donors (Lipinski definition) is 3. The zero-order chi connectivity index (χ0) is 22.4. The predicted molar refractivity (Wildman–Crippen MR) is 123 cm³/mol. The second-order valence-corrected chi connectivity index (χ2v) is 8.79. The van der Waals surface area contributed by atoms with Crippen molar-refractivity contribution in [3.63, 3.8) is 0 Å². The molecule has 3 amide bonds. The number of hydrogen-bond acceptors (Lipinski definition) is 3. The molecule has 3 N–H and O–H groups in total. The number of aliphatic hydroxyl groups excluding tert-OH is 1. The lowest BCUT2D eigenvalue weighted by molar-refractivity contribution is 0.0949. The van der Waals surface area contributed by atoms with Gasteiger partial charge in [-0.3, -0.25) is 4.79 Å². The summed E-state index contributed by atoms with van der Waals surface area (Å²) in [5.41, 5.74) is 1.77. The van der Waals surface area contributed by atoms with Crippen LogP contribution in [0.4, 0.5) is 10.5 Å². The van der Waals surface area contributed by atoms with E-state index in [0.717, 1.165) is 18.4 Å². The number of nitrogens with zero attached hydrogens (tertiary/aromatic N) is 1. The lowest BCUT2D eigenvalue weighted by Crippen LogP contribution is -2.39. The highest BCUT2D eigenvalue weighted by Gasteiger charge is 2.31. The summed E-state index contributed by atoms with van der Waals surface area (Å²) < 4.78 is 0. The Labute approximate surface area is 188 Å². The van der Waals surface area contributed by atoms with E-state index >= 15 is 0 Å². The van der Waals surface area contributed by atoms with Gasteiger partial charge in [-0.1, -0.05) is 55.8 Å². The smallest absolute Gasteiger partial charge is 0.322 e. The van der Waals surface area contributed by atoms with E-state index in [1.54, 1.807) is 23.1 Å². The Kier molecular flexibility index (Phi) is 7.93. The van der Waals surface area contributed by atoms with Crippen LogP contribution in [0.5, 0.6) is 0 Å². The van der Waals surface area contributed by atoms with Gasteiger partial charge in [0.2, 0.25) is 0 Å². The van der Waals surface area contributed by atoms with E-state index in [4.69, 9.17) is 11.6 Å². The second kappa shape index (κ2) is 10.6. The molecule has 2 aromatic rings. The summed E-state index contributed by atoms with van der Waals surface area (Å²) in [6.45, 7) is 5.25. The third-order valence-electron chi connectivity index (χ3n) is 5.45. The summed E-state index contributed by atoms with van der Waals surface area (Å²) in [6, 6.07) is 14.1. The molecule has 3 rings (SSSR count). The van der Waals surface area contributed by atoms with E-state index in [9.17, 15) is 14.7 Å².